The fourth-order valence-corrected chi connectivity index (χ4v) is 3.66. The fraction of sp³-hybridized carbons (Fsp3) is 0.500. The van der Waals surface area contributed by atoms with Gasteiger partial charge in [-0.15, -0.1) is 0 Å². The lowest BCUT2D eigenvalue weighted by molar-refractivity contribution is 0.0599. The Morgan fingerprint density at radius 1 is 1.13 bits per heavy atom. The number of carbonyl (C=O) groups is 1. The highest BCUT2D eigenvalue weighted by atomic mass is 79.9. The lowest BCUT2D eigenvalue weighted by atomic mass is 10.2. The minimum atomic E-state index is -3.78. The molecule has 130 valence electrons. The maximum atomic E-state index is 12.8. The highest BCUT2D eigenvalue weighted by Gasteiger charge is 2.26. The van der Waals surface area contributed by atoms with Gasteiger partial charge < -0.3 is 14.2 Å². The first-order valence-electron chi connectivity index (χ1n) is 6.74. The lowest BCUT2D eigenvalue weighted by Crippen LogP contribution is -2.36. The third kappa shape index (κ3) is 5.25. The second-order valence-corrected chi connectivity index (χ2v) is 7.32. The number of hydrogen-bond donors (Lipinski definition) is 0. The summed E-state index contributed by atoms with van der Waals surface area (Å²) in [6.45, 7) is 0.879. The second-order valence-electron chi connectivity index (χ2n) is 4.52. The molecule has 0 spiro atoms. The standard InChI is InChI=1S/C14H20BrNO6S/c1-20-8-6-16(7-9-21-2)23(18,19)11-4-5-13(15)12(10-11)14(17)22-3/h4-5,10H,6-9H2,1-3H3. The first-order chi connectivity index (χ1) is 10.9. The van der Waals surface area contributed by atoms with E-state index in [-0.39, 0.29) is 36.8 Å². The zero-order chi connectivity index (χ0) is 17.5. The van der Waals surface area contributed by atoms with E-state index in [1.165, 1.54) is 43.8 Å². The Kier molecular flexibility index (Phi) is 8.13. The third-order valence-electron chi connectivity index (χ3n) is 3.07. The van der Waals surface area contributed by atoms with Gasteiger partial charge in [-0.1, -0.05) is 0 Å². The molecule has 0 saturated carbocycles. The Morgan fingerprint density at radius 2 is 1.70 bits per heavy atom. The highest BCUT2D eigenvalue weighted by molar-refractivity contribution is 9.10. The molecule has 9 heteroatoms. The van der Waals surface area contributed by atoms with Gasteiger partial charge in [0, 0.05) is 31.8 Å². The van der Waals surface area contributed by atoms with Gasteiger partial charge in [0.25, 0.3) is 0 Å². The zero-order valence-electron chi connectivity index (χ0n) is 13.2. The van der Waals surface area contributed by atoms with Crippen LogP contribution in [0.15, 0.2) is 27.6 Å². The minimum Gasteiger partial charge on any atom is -0.465 e. The van der Waals surface area contributed by atoms with Crippen LogP contribution >= 0.6 is 15.9 Å². The SMILES string of the molecule is COCCN(CCOC)S(=O)(=O)c1ccc(Br)c(C(=O)OC)c1. The summed E-state index contributed by atoms with van der Waals surface area (Å²) in [5.41, 5.74) is 0.145. The van der Waals surface area contributed by atoms with Crippen molar-refractivity contribution in [1.82, 2.24) is 4.31 Å². The first-order valence-corrected chi connectivity index (χ1v) is 8.97. The van der Waals surface area contributed by atoms with Crippen LogP contribution < -0.4 is 0 Å². The predicted octanol–water partition coefficient (Wildman–Crippen LogP) is 1.52. The number of esters is 1. The van der Waals surface area contributed by atoms with Gasteiger partial charge in [-0.3, -0.25) is 0 Å². The Hall–Kier alpha value is -1.00. The molecule has 0 N–H and O–H groups in total. The molecule has 1 aromatic rings. The van der Waals surface area contributed by atoms with Crippen molar-refractivity contribution in [2.24, 2.45) is 0 Å². The van der Waals surface area contributed by atoms with Gasteiger partial charge in [-0.25, -0.2) is 13.2 Å². The van der Waals surface area contributed by atoms with Gasteiger partial charge >= 0.3 is 5.97 Å². The van der Waals surface area contributed by atoms with Crippen molar-refractivity contribution >= 4 is 31.9 Å². The van der Waals surface area contributed by atoms with Crippen molar-refractivity contribution in [3.63, 3.8) is 0 Å². The van der Waals surface area contributed by atoms with Crippen LogP contribution in [-0.2, 0) is 24.2 Å². The Labute approximate surface area is 144 Å². The second kappa shape index (κ2) is 9.33. The number of halogens is 1. The number of hydrogen-bond acceptors (Lipinski definition) is 6. The van der Waals surface area contributed by atoms with Gasteiger partial charge in [-0.05, 0) is 34.1 Å². The smallest absolute Gasteiger partial charge is 0.339 e. The van der Waals surface area contributed by atoms with Crippen molar-refractivity contribution < 1.29 is 27.4 Å². The van der Waals surface area contributed by atoms with Crippen LogP contribution in [0.2, 0.25) is 0 Å². The van der Waals surface area contributed by atoms with E-state index < -0.39 is 16.0 Å². The summed E-state index contributed by atoms with van der Waals surface area (Å²) in [5.74, 6) is -0.616. The number of benzene rings is 1. The molecular formula is C14H20BrNO6S. The van der Waals surface area contributed by atoms with E-state index in [4.69, 9.17) is 9.47 Å². The monoisotopic (exact) mass is 409 g/mol. The Bertz CT molecular complexity index is 626. The van der Waals surface area contributed by atoms with E-state index in [9.17, 15) is 13.2 Å². The third-order valence-corrected chi connectivity index (χ3v) is 5.66. The Balaban J connectivity index is 3.20. The largest absolute Gasteiger partial charge is 0.465 e. The summed E-state index contributed by atoms with van der Waals surface area (Å²) in [4.78, 5) is 11.7. The number of carbonyl (C=O) groups excluding carboxylic acids is 1. The molecule has 0 heterocycles. The van der Waals surface area contributed by atoms with Crippen LogP contribution in [-0.4, -0.2) is 66.3 Å². The minimum absolute atomic E-state index is 0.00769. The molecule has 1 aromatic carbocycles. The lowest BCUT2D eigenvalue weighted by Gasteiger charge is -2.22. The summed E-state index contributed by atoms with van der Waals surface area (Å²) in [7, 11) is 0.446. The summed E-state index contributed by atoms with van der Waals surface area (Å²) in [6.07, 6.45) is 0. The van der Waals surface area contributed by atoms with Crippen LogP contribution in [0.5, 0.6) is 0 Å². The first kappa shape index (κ1) is 20.0. The molecule has 0 aromatic heterocycles. The molecule has 0 radical (unpaired) electrons. The number of nitrogens with zero attached hydrogens (tertiary/aromatic N) is 1. The maximum absolute atomic E-state index is 12.8. The van der Waals surface area contributed by atoms with Crippen molar-refractivity contribution in [2.45, 2.75) is 4.90 Å². The molecule has 0 unspecified atom stereocenters. The molecule has 0 atom stereocenters. The molecule has 0 amide bonds. The van der Waals surface area contributed by atoms with Gasteiger partial charge in [0.05, 0.1) is 30.8 Å². The van der Waals surface area contributed by atoms with Crippen LogP contribution in [0.25, 0.3) is 0 Å². The predicted molar refractivity (Wildman–Crippen MR) is 88.0 cm³/mol. The number of methoxy groups -OCH3 is 3. The van der Waals surface area contributed by atoms with Gasteiger partial charge in [0.1, 0.15) is 0 Å². The quantitative estimate of drug-likeness (QED) is 0.575. The van der Waals surface area contributed by atoms with Crippen molar-refractivity contribution in [3.05, 3.63) is 28.2 Å². The molecular weight excluding hydrogens is 390 g/mol. The van der Waals surface area contributed by atoms with Crippen molar-refractivity contribution in [3.8, 4) is 0 Å². The average Bonchev–Trinajstić information content (AvgIpc) is 2.54. The summed E-state index contributed by atoms with van der Waals surface area (Å²) >= 11 is 3.21. The number of sulfonamides is 1. The molecule has 0 aliphatic heterocycles. The normalized spacial score (nSPS) is 11.7. The van der Waals surface area contributed by atoms with Gasteiger partial charge in [0.15, 0.2) is 0 Å². The number of rotatable bonds is 9. The molecule has 7 nitrogen and oxygen atoms in total. The molecule has 0 bridgehead atoms. The van der Waals surface area contributed by atoms with Crippen molar-refractivity contribution in [1.29, 1.82) is 0 Å². The van der Waals surface area contributed by atoms with Crippen LogP contribution in [0.1, 0.15) is 10.4 Å². The molecule has 0 fully saturated rings. The van der Waals surface area contributed by atoms with Crippen LogP contribution in [0.4, 0.5) is 0 Å². The van der Waals surface area contributed by atoms with E-state index in [2.05, 4.69) is 20.7 Å². The van der Waals surface area contributed by atoms with E-state index in [0.29, 0.717) is 4.47 Å². The van der Waals surface area contributed by atoms with Crippen LogP contribution in [0.3, 0.4) is 0 Å². The van der Waals surface area contributed by atoms with Crippen LogP contribution in [0, 0.1) is 0 Å². The maximum Gasteiger partial charge on any atom is 0.339 e. The topological polar surface area (TPSA) is 82.1 Å². The number of ether oxygens (including phenoxy) is 3. The molecule has 23 heavy (non-hydrogen) atoms. The zero-order valence-corrected chi connectivity index (χ0v) is 15.6. The van der Waals surface area contributed by atoms with Crippen molar-refractivity contribution in [2.75, 3.05) is 47.6 Å². The van der Waals surface area contributed by atoms with E-state index in [0.717, 1.165) is 0 Å². The summed E-state index contributed by atoms with van der Waals surface area (Å²) in [5, 5.41) is 0. The summed E-state index contributed by atoms with van der Waals surface area (Å²) in [6, 6.07) is 4.22. The summed E-state index contributed by atoms with van der Waals surface area (Å²) < 4.78 is 41.8. The fourth-order valence-electron chi connectivity index (χ4n) is 1.82. The van der Waals surface area contributed by atoms with Gasteiger partial charge in [0.2, 0.25) is 10.0 Å². The highest BCUT2D eigenvalue weighted by Crippen LogP contribution is 2.24. The Morgan fingerprint density at radius 3 is 2.17 bits per heavy atom. The van der Waals surface area contributed by atoms with E-state index in [1.807, 2.05) is 0 Å². The molecule has 0 aliphatic carbocycles. The van der Waals surface area contributed by atoms with Gasteiger partial charge in [-0.2, -0.15) is 4.31 Å². The molecule has 0 aliphatic rings. The van der Waals surface area contributed by atoms with E-state index in [1.54, 1.807) is 0 Å². The average molecular weight is 410 g/mol. The van der Waals surface area contributed by atoms with E-state index >= 15 is 0 Å². The molecule has 1 rings (SSSR count). The molecule has 0 saturated heterocycles.